The monoisotopic (exact) mass is 239 g/mol. The summed E-state index contributed by atoms with van der Waals surface area (Å²) in [6.45, 7) is 1.58. The molecule has 0 spiro atoms. The van der Waals surface area contributed by atoms with E-state index in [1.807, 2.05) is 6.07 Å². The summed E-state index contributed by atoms with van der Waals surface area (Å²) in [4.78, 5) is 0. The van der Waals surface area contributed by atoms with Crippen LogP contribution in [0.5, 0.6) is 5.75 Å². The lowest BCUT2D eigenvalue weighted by Gasteiger charge is -2.16. The number of nitrogens with two attached hydrogens (primary N) is 1. The summed E-state index contributed by atoms with van der Waals surface area (Å²) in [7, 11) is 1.45. The number of rotatable bonds is 4. The van der Waals surface area contributed by atoms with E-state index in [-0.39, 0.29) is 17.6 Å². The van der Waals surface area contributed by atoms with Crippen LogP contribution in [0.25, 0.3) is 0 Å². The molecule has 1 aliphatic heterocycles. The zero-order chi connectivity index (χ0) is 12.3. The van der Waals surface area contributed by atoms with Gasteiger partial charge in [-0.05, 0) is 36.5 Å². The Balaban J connectivity index is 2.02. The van der Waals surface area contributed by atoms with Crippen LogP contribution in [0.3, 0.4) is 0 Å². The van der Waals surface area contributed by atoms with Crippen LogP contribution in [0.1, 0.15) is 24.4 Å². The number of halogens is 1. The van der Waals surface area contributed by atoms with Crippen molar-refractivity contribution in [2.45, 2.75) is 18.9 Å². The fourth-order valence-corrected chi connectivity index (χ4v) is 2.18. The highest BCUT2D eigenvalue weighted by molar-refractivity contribution is 5.30. The molecule has 0 aliphatic carbocycles. The third-order valence-electron chi connectivity index (χ3n) is 3.22. The summed E-state index contributed by atoms with van der Waals surface area (Å²) >= 11 is 0. The van der Waals surface area contributed by atoms with Crippen LogP contribution in [-0.4, -0.2) is 20.3 Å². The number of methoxy groups -OCH3 is 1. The van der Waals surface area contributed by atoms with Crippen LogP contribution in [0.4, 0.5) is 4.39 Å². The van der Waals surface area contributed by atoms with Gasteiger partial charge in [-0.1, -0.05) is 6.07 Å². The average Bonchev–Trinajstić information content (AvgIpc) is 2.81. The minimum atomic E-state index is -0.358. The molecule has 1 heterocycles. The molecule has 1 fully saturated rings. The Morgan fingerprint density at radius 2 is 2.41 bits per heavy atom. The lowest BCUT2D eigenvalue weighted by atomic mass is 9.95. The van der Waals surface area contributed by atoms with E-state index >= 15 is 0 Å². The highest BCUT2D eigenvalue weighted by atomic mass is 19.1. The highest BCUT2D eigenvalue weighted by Crippen LogP contribution is 2.27. The average molecular weight is 239 g/mol. The fraction of sp³-hybridized carbons (Fsp3) is 0.538. The van der Waals surface area contributed by atoms with Gasteiger partial charge in [0.1, 0.15) is 0 Å². The molecule has 1 aromatic carbocycles. The SMILES string of the molecule is COc1ccc(C(N)CC2CCOC2)cc1F. The Morgan fingerprint density at radius 1 is 1.59 bits per heavy atom. The first kappa shape index (κ1) is 12.3. The van der Waals surface area contributed by atoms with Gasteiger partial charge < -0.3 is 15.2 Å². The van der Waals surface area contributed by atoms with Gasteiger partial charge in [0.2, 0.25) is 0 Å². The highest BCUT2D eigenvalue weighted by Gasteiger charge is 2.20. The first-order chi connectivity index (χ1) is 8.20. The van der Waals surface area contributed by atoms with E-state index in [2.05, 4.69) is 0 Å². The fourth-order valence-electron chi connectivity index (χ4n) is 2.18. The van der Waals surface area contributed by atoms with E-state index in [0.29, 0.717) is 5.92 Å². The molecule has 17 heavy (non-hydrogen) atoms. The summed E-state index contributed by atoms with van der Waals surface area (Å²) in [5.41, 5.74) is 6.89. The second-order valence-electron chi connectivity index (χ2n) is 4.47. The van der Waals surface area contributed by atoms with Crippen molar-refractivity contribution in [1.82, 2.24) is 0 Å². The van der Waals surface area contributed by atoms with Gasteiger partial charge in [-0.25, -0.2) is 4.39 Å². The summed E-state index contributed by atoms with van der Waals surface area (Å²) in [5, 5.41) is 0. The summed E-state index contributed by atoms with van der Waals surface area (Å²) < 4.78 is 23.7. The molecule has 2 N–H and O–H groups in total. The number of ether oxygens (including phenoxy) is 2. The quantitative estimate of drug-likeness (QED) is 0.876. The first-order valence-corrected chi connectivity index (χ1v) is 5.87. The molecule has 0 radical (unpaired) electrons. The normalized spacial score (nSPS) is 21.5. The van der Waals surface area contributed by atoms with Gasteiger partial charge in [0.25, 0.3) is 0 Å². The molecule has 2 atom stereocenters. The predicted molar refractivity (Wildman–Crippen MR) is 63.4 cm³/mol. The molecule has 2 unspecified atom stereocenters. The van der Waals surface area contributed by atoms with Crippen molar-refractivity contribution in [3.05, 3.63) is 29.6 Å². The van der Waals surface area contributed by atoms with Gasteiger partial charge in [0.15, 0.2) is 11.6 Å². The maximum Gasteiger partial charge on any atom is 0.165 e. The van der Waals surface area contributed by atoms with Gasteiger partial charge in [0, 0.05) is 19.3 Å². The van der Waals surface area contributed by atoms with Gasteiger partial charge in [-0.2, -0.15) is 0 Å². The largest absolute Gasteiger partial charge is 0.494 e. The molecule has 0 aromatic heterocycles. The Kier molecular flexibility index (Phi) is 3.97. The van der Waals surface area contributed by atoms with Crippen LogP contribution in [0.2, 0.25) is 0 Å². The summed E-state index contributed by atoms with van der Waals surface area (Å²) in [6, 6.07) is 4.76. The molecular formula is C13H18FNO2. The number of hydrogen-bond acceptors (Lipinski definition) is 3. The van der Waals surface area contributed by atoms with Crippen LogP contribution in [-0.2, 0) is 4.74 Å². The van der Waals surface area contributed by atoms with Crippen molar-refractivity contribution in [2.75, 3.05) is 20.3 Å². The first-order valence-electron chi connectivity index (χ1n) is 5.87. The van der Waals surface area contributed by atoms with Crippen LogP contribution >= 0.6 is 0 Å². The van der Waals surface area contributed by atoms with Crippen molar-refractivity contribution in [3.63, 3.8) is 0 Å². The van der Waals surface area contributed by atoms with Crippen LogP contribution in [0.15, 0.2) is 18.2 Å². The van der Waals surface area contributed by atoms with E-state index in [9.17, 15) is 4.39 Å². The van der Waals surface area contributed by atoms with Crippen molar-refractivity contribution >= 4 is 0 Å². The lowest BCUT2D eigenvalue weighted by Crippen LogP contribution is -2.16. The predicted octanol–water partition coefficient (Wildman–Crippen LogP) is 2.26. The van der Waals surface area contributed by atoms with Gasteiger partial charge >= 0.3 is 0 Å². The van der Waals surface area contributed by atoms with Crippen LogP contribution < -0.4 is 10.5 Å². The molecule has 1 aromatic rings. The smallest absolute Gasteiger partial charge is 0.165 e. The molecule has 0 amide bonds. The summed E-state index contributed by atoms with van der Waals surface area (Å²) in [6.07, 6.45) is 1.89. The minimum Gasteiger partial charge on any atom is -0.494 e. The lowest BCUT2D eigenvalue weighted by molar-refractivity contribution is 0.182. The second-order valence-corrected chi connectivity index (χ2v) is 4.47. The molecule has 0 saturated carbocycles. The molecule has 1 aliphatic rings. The Morgan fingerprint density at radius 3 is 3.00 bits per heavy atom. The number of benzene rings is 1. The zero-order valence-electron chi connectivity index (χ0n) is 9.99. The molecule has 1 saturated heterocycles. The van der Waals surface area contributed by atoms with Gasteiger partial charge in [-0.3, -0.25) is 0 Å². The van der Waals surface area contributed by atoms with Crippen molar-refractivity contribution in [3.8, 4) is 5.75 Å². The van der Waals surface area contributed by atoms with E-state index in [1.165, 1.54) is 13.2 Å². The third-order valence-corrected chi connectivity index (χ3v) is 3.22. The molecule has 94 valence electrons. The third kappa shape index (κ3) is 2.96. The van der Waals surface area contributed by atoms with E-state index in [0.717, 1.165) is 31.6 Å². The van der Waals surface area contributed by atoms with Crippen molar-refractivity contribution < 1.29 is 13.9 Å². The maximum atomic E-state index is 13.5. The Labute approximate surface area is 101 Å². The Bertz CT molecular complexity index is 378. The molecule has 3 nitrogen and oxygen atoms in total. The molecular weight excluding hydrogens is 221 g/mol. The topological polar surface area (TPSA) is 44.5 Å². The van der Waals surface area contributed by atoms with E-state index in [1.54, 1.807) is 6.07 Å². The Hall–Kier alpha value is -1.13. The molecule has 0 bridgehead atoms. The van der Waals surface area contributed by atoms with Crippen LogP contribution in [0, 0.1) is 11.7 Å². The van der Waals surface area contributed by atoms with E-state index in [4.69, 9.17) is 15.2 Å². The van der Waals surface area contributed by atoms with Gasteiger partial charge in [0.05, 0.1) is 7.11 Å². The number of hydrogen-bond donors (Lipinski definition) is 1. The van der Waals surface area contributed by atoms with E-state index < -0.39 is 0 Å². The van der Waals surface area contributed by atoms with Crippen molar-refractivity contribution in [2.24, 2.45) is 11.7 Å². The zero-order valence-corrected chi connectivity index (χ0v) is 9.99. The molecule has 2 rings (SSSR count). The van der Waals surface area contributed by atoms with Gasteiger partial charge in [-0.15, -0.1) is 0 Å². The molecule has 4 heteroatoms. The minimum absolute atomic E-state index is 0.137. The summed E-state index contributed by atoms with van der Waals surface area (Å²) in [5.74, 6) is 0.392. The second kappa shape index (κ2) is 5.47. The van der Waals surface area contributed by atoms with Crippen molar-refractivity contribution in [1.29, 1.82) is 0 Å². The standard InChI is InChI=1S/C13H18FNO2/c1-16-13-3-2-10(7-11(13)14)12(15)6-9-4-5-17-8-9/h2-3,7,9,12H,4-6,8,15H2,1H3. The maximum absolute atomic E-state index is 13.5.